The van der Waals surface area contributed by atoms with Crippen molar-refractivity contribution in [1.82, 2.24) is 4.90 Å². The molecule has 0 bridgehead atoms. The molecule has 2 aromatic rings. The molecule has 0 unspecified atom stereocenters. The van der Waals surface area contributed by atoms with E-state index in [-0.39, 0.29) is 0 Å². The van der Waals surface area contributed by atoms with E-state index in [0.717, 1.165) is 29.2 Å². The molecule has 0 aromatic heterocycles. The Balaban J connectivity index is 2.06. The minimum absolute atomic E-state index is 0.345. The van der Waals surface area contributed by atoms with Gasteiger partial charge in [0.25, 0.3) is 0 Å². The predicted octanol–water partition coefficient (Wildman–Crippen LogP) is 3.60. The Bertz CT molecular complexity index is 870. The van der Waals surface area contributed by atoms with Gasteiger partial charge in [0.2, 0.25) is 0 Å². The molecule has 2 aromatic carbocycles. The zero-order valence-electron chi connectivity index (χ0n) is 13.1. The molecule has 0 aliphatic carbocycles. The predicted molar refractivity (Wildman–Crippen MR) is 95.3 cm³/mol. The molecule has 0 amide bonds. The Labute approximate surface area is 142 Å². The number of sulfone groups is 1. The van der Waals surface area contributed by atoms with Gasteiger partial charge in [-0.3, -0.25) is 4.90 Å². The van der Waals surface area contributed by atoms with E-state index in [1.165, 1.54) is 17.4 Å². The molecule has 0 saturated heterocycles. The van der Waals surface area contributed by atoms with Crippen molar-refractivity contribution in [3.63, 3.8) is 0 Å². The Hall–Kier alpha value is -1.62. The SMILES string of the molecule is CN1CC(c2ccc(S(C)(=O)=O)cc2)=C(c2cccc(Cl)c2)C1. The lowest BCUT2D eigenvalue weighted by Crippen LogP contribution is -2.14. The normalized spacial score (nSPS) is 16.1. The molecule has 0 atom stereocenters. The molecule has 1 aliphatic heterocycles. The molecule has 1 aliphatic rings. The van der Waals surface area contributed by atoms with Crippen molar-refractivity contribution in [2.45, 2.75) is 4.90 Å². The van der Waals surface area contributed by atoms with Gasteiger partial charge in [0, 0.05) is 24.4 Å². The van der Waals surface area contributed by atoms with Gasteiger partial charge in [-0.15, -0.1) is 0 Å². The standard InChI is InChI=1S/C18H18ClNO2S/c1-20-11-17(13-6-8-16(9-7-13)23(2,21)22)18(12-20)14-4-3-5-15(19)10-14/h3-10H,11-12H2,1-2H3. The van der Waals surface area contributed by atoms with Crippen LogP contribution in [0.4, 0.5) is 0 Å². The van der Waals surface area contributed by atoms with Crippen molar-refractivity contribution in [2.24, 2.45) is 0 Å². The van der Waals surface area contributed by atoms with E-state index in [9.17, 15) is 8.42 Å². The fourth-order valence-electron chi connectivity index (χ4n) is 2.90. The molecule has 0 fully saturated rings. The summed E-state index contributed by atoms with van der Waals surface area (Å²) in [5, 5.41) is 0.719. The lowest BCUT2D eigenvalue weighted by molar-refractivity contribution is 0.442. The van der Waals surface area contributed by atoms with Crippen LogP contribution in [0.15, 0.2) is 53.4 Å². The third-order valence-corrected chi connectivity index (χ3v) is 5.39. The second-order valence-corrected chi connectivity index (χ2v) is 8.39. The summed E-state index contributed by atoms with van der Waals surface area (Å²) >= 11 is 6.12. The highest BCUT2D eigenvalue weighted by molar-refractivity contribution is 7.90. The molecule has 0 saturated carbocycles. The summed E-state index contributed by atoms with van der Waals surface area (Å²) in [4.78, 5) is 2.58. The highest BCUT2D eigenvalue weighted by Gasteiger charge is 2.22. The molecular formula is C18H18ClNO2S. The monoisotopic (exact) mass is 347 g/mol. The van der Waals surface area contributed by atoms with Crippen LogP contribution in [0.2, 0.25) is 5.02 Å². The lowest BCUT2D eigenvalue weighted by Gasteiger charge is -2.08. The summed E-state index contributed by atoms with van der Waals surface area (Å²) in [7, 11) is -1.10. The maximum atomic E-state index is 11.6. The number of benzene rings is 2. The molecular weight excluding hydrogens is 330 g/mol. The first-order valence-electron chi connectivity index (χ1n) is 7.31. The fourth-order valence-corrected chi connectivity index (χ4v) is 3.72. The van der Waals surface area contributed by atoms with Gasteiger partial charge < -0.3 is 0 Å². The van der Waals surface area contributed by atoms with Gasteiger partial charge in [-0.05, 0) is 53.6 Å². The molecule has 1 heterocycles. The van der Waals surface area contributed by atoms with Crippen LogP contribution in [0.5, 0.6) is 0 Å². The first-order valence-corrected chi connectivity index (χ1v) is 9.58. The molecule has 5 heteroatoms. The second-order valence-electron chi connectivity index (χ2n) is 5.94. The van der Waals surface area contributed by atoms with Crippen LogP contribution in [-0.4, -0.2) is 39.7 Å². The summed E-state index contributed by atoms with van der Waals surface area (Å²) in [5.74, 6) is 0. The molecule has 0 N–H and O–H groups in total. The van der Waals surface area contributed by atoms with Crippen LogP contribution >= 0.6 is 11.6 Å². The number of nitrogens with zero attached hydrogens (tertiary/aromatic N) is 1. The van der Waals surface area contributed by atoms with Gasteiger partial charge in [0.15, 0.2) is 9.84 Å². The minimum atomic E-state index is -3.17. The fraction of sp³-hybridized carbons (Fsp3) is 0.222. The first kappa shape index (κ1) is 16.2. The van der Waals surface area contributed by atoms with Gasteiger partial charge in [-0.25, -0.2) is 8.42 Å². The molecule has 23 heavy (non-hydrogen) atoms. The van der Waals surface area contributed by atoms with E-state index in [2.05, 4.69) is 18.0 Å². The maximum Gasteiger partial charge on any atom is 0.175 e. The zero-order chi connectivity index (χ0) is 16.6. The van der Waals surface area contributed by atoms with Crippen LogP contribution in [-0.2, 0) is 9.84 Å². The van der Waals surface area contributed by atoms with Crippen molar-refractivity contribution in [3.05, 3.63) is 64.7 Å². The van der Waals surface area contributed by atoms with Crippen LogP contribution in [0.1, 0.15) is 11.1 Å². The summed E-state index contributed by atoms with van der Waals surface area (Å²) in [6.45, 7) is 1.68. The van der Waals surface area contributed by atoms with Crippen LogP contribution in [0, 0.1) is 0 Å². The number of hydrogen-bond acceptors (Lipinski definition) is 3. The minimum Gasteiger partial charge on any atom is -0.298 e. The zero-order valence-corrected chi connectivity index (χ0v) is 14.7. The van der Waals surface area contributed by atoms with Gasteiger partial charge >= 0.3 is 0 Å². The summed E-state index contributed by atoms with van der Waals surface area (Å²) in [6.07, 6.45) is 1.22. The average Bonchev–Trinajstić information content (AvgIpc) is 2.88. The average molecular weight is 348 g/mol. The summed E-state index contributed by atoms with van der Waals surface area (Å²) < 4.78 is 23.2. The molecule has 0 spiro atoms. The van der Waals surface area contributed by atoms with Gasteiger partial charge in [-0.1, -0.05) is 35.9 Å². The van der Waals surface area contributed by atoms with Crippen LogP contribution in [0.3, 0.4) is 0 Å². The quantitative estimate of drug-likeness (QED) is 0.851. The van der Waals surface area contributed by atoms with Crippen LogP contribution in [0.25, 0.3) is 11.1 Å². The third kappa shape index (κ3) is 3.50. The number of rotatable bonds is 3. The number of likely N-dealkylation sites (N-methyl/N-ethyl adjacent to an activating group) is 1. The van der Waals surface area contributed by atoms with E-state index in [4.69, 9.17) is 11.6 Å². The van der Waals surface area contributed by atoms with Crippen molar-refractivity contribution >= 4 is 32.6 Å². The molecule has 0 radical (unpaired) electrons. The summed E-state index contributed by atoms with van der Waals surface area (Å²) in [6, 6.07) is 15.0. The third-order valence-electron chi connectivity index (χ3n) is 4.02. The van der Waals surface area contributed by atoms with E-state index in [1.807, 2.05) is 30.3 Å². The highest BCUT2D eigenvalue weighted by atomic mass is 35.5. The van der Waals surface area contributed by atoms with E-state index in [1.54, 1.807) is 12.1 Å². The van der Waals surface area contributed by atoms with Crippen LogP contribution < -0.4 is 0 Å². The second kappa shape index (κ2) is 6.11. The van der Waals surface area contributed by atoms with Crippen molar-refractivity contribution in [2.75, 3.05) is 26.4 Å². The van der Waals surface area contributed by atoms with Crippen molar-refractivity contribution in [3.8, 4) is 0 Å². The molecule has 120 valence electrons. The van der Waals surface area contributed by atoms with E-state index in [0.29, 0.717) is 4.90 Å². The number of hydrogen-bond donors (Lipinski definition) is 0. The van der Waals surface area contributed by atoms with Gasteiger partial charge in [-0.2, -0.15) is 0 Å². The first-order chi connectivity index (χ1) is 10.8. The number of halogens is 1. The highest BCUT2D eigenvalue weighted by Crippen LogP contribution is 2.33. The Morgan fingerprint density at radius 3 is 2.13 bits per heavy atom. The van der Waals surface area contributed by atoms with E-state index >= 15 is 0 Å². The summed E-state index contributed by atoms with van der Waals surface area (Å²) in [5.41, 5.74) is 4.62. The smallest absolute Gasteiger partial charge is 0.175 e. The van der Waals surface area contributed by atoms with Crippen molar-refractivity contribution < 1.29 is 8.42 Å². The topological polar surface area (TPSA) is 37.4 Å². The van der Waals surface area contributed by atoms with Gasteiger partial charge in [0.1, 0.15) is 0 Å². The molecule has 3 nitrogen and oxygen atoms in total. The maximum absolute atomic E-state index is 11.6. The van der Waals surface area contributed by atoms with E-state index < -0.39 is 9.84 Å². The Morgan fingerprint density at radius 2 is 1.57 bits per heavy atom. The molecule has 3 rings (SSSR count). The lowest BCUT2D eigenvalue weighted by atomic mass is 9.97. The van der Waals surface area contributed by atoms with Crippen molar-refractivity contribution in [1.29, 1.82) is 0 Å². The Morgan fingerprint density at radius 1 is 0.957 bits per heavy atom. The Kier molecular flexibility index (Phi) is 4.32. The van der Waals surface area contributed by atoms with Gasteiger partial charge in [0.05, 0.1) is 4.90 Å². The largest absolute Gasteiger partial charge is 0.298 e.